The van der Waals surface area contributed by atoms with E-state index in [0.717, 1.165) is 11.1 Å². The maximum Gasteiger partial charge on any atom is 0.258 e. The Hall–Kier alpha value is -1.24. The molecule has 3 heterocycles. The minimum absolute atomic E-state index is 0.232. The highest BCUT2D eigenvalue weighted by Crippen LogP contribution is 2.26. The molecule has 90 valence electrons. The van der Waals surface area contributed by atoms with E-state index in [9.17, 15) is 0 Å². The number of rotatable bonds is 2. The highest BCUT2D eigenvalue weighted by atomic mass is 32.1. The summed E-state index contributed by atoms with van der Waals surface area (Å²) in [5, 5.41) is 8.06. The first-order valence-electron chi connectivity index (χ1n) is 5.40. The fourth-order valence-corrected chi connectivity index (χ4v) is 2.52. The molecule has 17 heavy (non-hydrogen) atoms. The molecule has 0 spiro atoms. The summed E-state index contributed by atoms with van der Waals surface area (Å²) in [7, 11) is 0. The molecule has 0 radical (unpaired) electrons. The van der Waals surface area contributed by atoms with Gasteiger partial charge in [-0.05, 0) is 17.9 Å². The van der Waals surface area contributed by atoms with Crippen LogP contribution in [0.4, 0.5) is 0 Å². The van der Waals surface area contributed by atoms with Gasteiger partial charge in [-0.3, -0.25) is 0 Å². The van der Waals surface area contributed by atoms with Gasteiger partial charge in [0.25, 0.3) is 5.89 Å². The minimum Gasteiger partial charge on any atom is -0.376 e. The first kappa shape index (κ1) is 10.9. The summed E-state index contributed by atoms with van der Waals surface area (Å²) in [4.78, 5) is 4.36. The topological polar surface area (TPSA) is 57.4 Å². The van der Waals surface area contributed by atoms with Gasteiger partial charge < -0.3 is 14.0 Å². The molecule has 3 rings (SSSR count). The zero-order valence-corrected chi connectivity index (χ0v) is 10.2. The SMILES string of the molecule is Cc1cscc1-c1noc(C2COCCO2)n1. The van der Waals surface area contributed by atoms with Crippen molar-refractivity contribution in [1.29, 1.82) is 0 Å². The Morgan fingerprint density at radius 3 is 3.00 bits per heavy atom. The molecule has 1 unspecified atom stereocenters. The van der Waals surface area contributed by atoms with E-state index < -0.39 is 0 Å². The Morgan fingerprint density at radius 2 is 2.29 bits per heavy atom. The van der Waals surface area contributed by atoms with Gasteiger partial charge in [-0.15, -0.1) is 0 Å². The lowest BCUT2D eigenvalue weighted by Gasteiger charge is -2.19. The largest absolute Gasteiger partial charge is 0.376 e. The van der Waals surface area contributed by atoms with Crippen molar-refractivity contribution in [2.45, 2.75) is 13.0 Å². The molecule has 1 fully saturated rings. The van der Waals surface area contributed by atoms with Gasteiger partial charge >= 0.3 is 0 Å². The van der Waals surface area contributed by atoms with Crippen LogP contribution < -0.4 is 0 Å². The molecule has 2 aromatic heterocycles. The van der Waals surface area contributed by atoms with Crippen molar-refractivity contribution >= 4 is 11.3 Å². The lowest BCUT2D eigenvalue weighted by Crippen LogP contribution is -2.22. The van der Waals surface area contributed by atoms with Crippen molar-refractivity contribution in [2.24, 2.45) is 0 Å². The van der Waals surface area contributed by atoms with Crippen molar-refractivity contribution < 1.29 is 14.0 Å². The van der Waals surface area contributed by atoms with Crippen LogP contribution in [0.2, 0.25) is 0 Å². The molecular formula is C11H12N2O3S. The van der Waals surface area contributed by atoms with E-state index in [4.69, 9.17) is 14.0 Å². The summed E-state index contributed by atoms with van der Waals surface area (Å²) in [5.74, 6) is 1.11. The van der Waals surface area contributed by atoms with Crippen LogP contribution in [0.3, 0.4) is 0 Å². The molecule has 2 aromatic rings. The van der Waals surface area contributed by atoms with Crippen molar-refractivity contribution in [3.8, 4) is 11.4 Å². The average Bonchev–Trinajstić information content (AvgIpc) is 2.98. The molecule has 0 N–H and O–H groups in total. The number of aryl methyl sites for hydroxylation is 1. The van der Waals surface area contributed by atoms with Gasteiger partial charge in [0.1, 0.15) is 0 Å². The van der Waals surface area contributed by atoms with E-state index in [1.165, 1.54) is 0 Å². The maximum absolute atomic E-state index is 5.51. The number of aromatic nitrogens is 2. The molecule has 6 heteroatoms. The van der Waals surface area contributed by atoms with E-state index in [1.807, 2.05) is 12.3 Å². The smallest absolute Gasteiger partial charge is 0.258 e. The van der Waals surface area contributed by atoms with E-state index in [1.54, 1.807) is 11.3 Å². The monoisotopic (exact) mass is 252 g/mol. The van der Waals surface area contributed by atoms with Crippen molar-refractivity contribution in [3.05, 3.63) is 22.2 Å². The van der Waals surface area contributed by atoms with Gasteiger partial charge in [0.05, 0.1) is 19.8 Å². The third-order valence-electron chi connectivity index (χ3n) is 2.63. The predicted octanol–water partition coefficient (Wildman–Crippen LogP) is 2.19. The van der Waals surface area contributed by atoms with E-state index in [2.05, 4.69) is 15.5 Å². The van der Waals surface area contributed by atoms with Gasteiger partial charge in [0.15, 0.2) is 6.10 Å². The predicted molar refractivity (Wildman–Crippen MR) is 61.9 cm³/mol. The number of thiophene rings is 1. The molecule has 0 bridgehead atoms. The second kappa shape index (κ2) is 4.56. The van der Waals surface area contributed by atoms with Crippen molar-refractivity contribution in [1.82, 2.24) is 10.1 Å². The molecule has 0 amide bonds. The highest BCUT2D eigenvalue weighted by Gasteiger charge is 2.23. The van der Waals surface area contributed by atoms with Gasteiger partial charge in [-0.25, -0.2) is 0 Å². The van der Waals surface area contributed by atoms with E-state index in [0.29, 0.717) is 31.5 Å². The summed E-state index contributed by atoms with van der Waals surface area (Å²) in [5.41, 5.74) is 2.17. The zero-order valence-electron chi connectivity index (χ0n) is 9.38. The summed E-state index contributed by atoms with van der Waals surface area (Å²) < 4.78 is 16.0. The van der Waals surface area contributed by atoms with Crippen molar-refractivity contribution in [3.63, 3.8) is 0 Å². The van der Waals surface area contributed by atoms with Crippen LogP contribution in [0.25, 0.3) is 11.4 Å². The van der Waals surface area contributed by atoms with Crippen LogP contribution in [0, 0.1) is 6.92 Å². The number of nitrogens with zero attached hydrogens (tertiary/aromatic N) is 2. The quantitative estimate of drug-likeness (QED) is 0.820. The minimum atomic E-state index is -0.232. The molecule has 0 aromatic carbocycles. The average molecular weight is 252 g/mol. The standard InChI is InChI=1S/C11H12N2O3S/c1-7-5-17-6-8(7)10-12-11(16-13-10)9-4-14-2-3-15-9/h5-6,9H,2-4H2,1H3. The number of hydrogen-bond donors (Lipinski definition) is 0. The van der Waals surface area contributed by atoms with Crippen LogP contribution in [0.15, 0.2) is 15.3 Å². The maximum atomic E-state index is 5.51. The lowest BCUT2D eigenvalue weighted by atomic mass is 10.2. The number of hydrogen-bond acceptors (Lipinski definition) is 6. The van der Waals surface area contributed by atoms with Gasteiger partial charge in [0, 0.05) is 10.9 Å². The van der Waals surface area contributed by atoms with Crippen LogP contribution in [0.5, 0.6) is 0 Å². The second-order valence-corrected chi connectivity index (χ2v) is 4.60. The third-order valence-corrected chi connectivity index (χ3v) is 3.49. The van der Waals surface area contributed by atoms with Crippen LogP contribution in [0.1, 0.15) is 17.6 Å². The summed E-state index contributed by atoms with van der Waals surface area (Å²) in [6.45, 7) is 3.70. The normalized spacial score (nSPS) is 20.6. The Bertz CT molecular complexity index is 502. The van der Waals surface area contributed by atoms with Crippen LogP contribution in [-0.2, 0) is 9.47 Å². The summed E-state index contributed by atoms with van der Waals surface area (Å²) in [6, 6.07) is 0. The molecule has 1 aliphatic rings. The molecule has 1 aliphatic heterocycles. The van der Waals surface area contributed by atoms with Gasteiger partial charge in [-0.1, -0.05) is 5.16 Å². The van der Waals surface area contributed by atoms with Crippen LogP contribution in [-0.4, -0.2) is 30.0 Å². The van der Waals surface area contributed by atoms with Gasteiger partial charge in [-0.2, -0.15) is 16.3 Å². The Labute approximate surface area is 102 Å². The summed E-state index contributed by atoms with van der Waals surface area (Å²) in [6.07, 6.45) is -0.232. The third kappa shape index (κ3) is 2.11. The fourth-order valence-electron chi connectivity index (χ4n) is 1.70. The fraction of sp³-hybridized carbons (Fsp3) is 0.455. The Kier molecular flexibility index (Phi) is 2.92. The zero-order chi connectivity index (χ0) is 11.7. The summed E-state index contributed by atoms with van der Waals surface area (Å²) >= 11 is 1.63. The Balaban J connectivity index is 1.85. The van der Waals surface area contributed by atoms with E-state index >= 15 is 0 Å². The first-order valence-corrected chi connectivity index (χ1v) is 6.35. The Morgan fingerprint density at radius 1 is 1.35 bits per heavy atom. The lowest BCUT2D eigenvalue weighted by molar-refractivity contribution is -0.101. The molecule has 0 aliphatic carbocycles. The highest BCUT2D eigenvalue weighted by molar-refractivity contribution is 7.08. The first-order chi connectivity index (χ1) is 8.34. The number of ether oxygens (including phenoxy) is 2. The molecular weight excluding hydrogens is 240 g/mol. The van der Waals surface area contributed by atoms with Crippen molar-refractivity contribution in [2.75, 3.05) is 19.8 Å². The molecule has 1 saturated heterocycles. The molecule has 5 nitrogen and oxygen atoms in total. The van der Waals surface area contributed by atoms with E-state index in [-0.39, 0.29) is 6.10 Å². The van der Waals surface area contributed by atoms with Crippen LogP contribution >= 0.6 is 11.3 Å². The molecule has 0 saturated carbocycles. The second-order valence-electron chi connectivity index (χ2n) is 3.86. The van der Waals surface area contributed by atoms with Gasteiger partial charge in [0.2, 0.25) is 5.82 Å². The molecule has 1 atom stereocenters.